The Morgan fingerprint density at radius 3 is 2.68 bits per heavy atom. The van der Waals surface area contributed by atoms with Gasteiger partial charge in [0.05, 0.1) is 11.9 Å². The Bertz CT molecular complexity index is 452. The van der Waals surface area contributed by atoms with E-state index in [0.717, 1.165) is 18.8 Å². The number of aromatic carboxylic acids is 1. The van der Waals surface area contributed by atoms with Gasteiger partial charge in [-0.25, -0.2) is 9.78 Å². The molecule has 0 aliphatic heterocycles. The summed E-state index contributed by atoms with van der Waals surface area (Å²) in [5.41, 5.74) is 0.515. The monoisotopic (exact) mass is 262 g/mol. The van der Waals surface area contributed by atoms with Crippen LogP contribution in [-0.2, 0) is 4.79 Å². The van der Waals surface area contributed by atoms with Crippen LogP contribution in [0.25, 0.3) is 0 Å². The fourth-order valence-electron chi connectivity index (χ4n) is 2.15. The van der Waals surface area contributed by atoms with Crippen LogP contribution < -0.4 is 5.32 Å². The standard InChI is InChI=1S/C14H18N2O3/c17-13(6-2-5-10-3-1-4-10)16-11-7-8-12(14(18)19)15-9-11/h7-10H,1-6H2,(H,16,17)(H,18,19). The summed E-state index contributed by atoms with van der Waals surface area (Å²) in [6.07, 6.45) is 7.87. The van der Waals surface area contributed by atoms with E-state index >= 15 is 0 Å². The summed E-state index contributed by atoms with van der Waals surface area (Å²) < 4.78 is 0. The topological polar surface area (TPSA) is 79.3 Å². The summed E-state index contributed by atoms with van der Waals surface area (Å²) in [5.74, 6) is -0.285. The van der Waals surface area contributed by atoms with Gasteiger partial charge in [0.1, 0.15) is 5.69 Å². The number of nitrogens with one attached hydrogen (secondary N) is 1. The summed E-state index contributed by atoms with van der Waals surface area (Å²) in [5, 5.41) is 11.4. The van der Waals surface area contributed by atoms with Gasteiger partial charge in [0.25, 0.3) is 0 Å². The van der Waals surface area contributed by atoms with Crippen molar-refractivity contribution in [3.05, 3.63) is 24.0 Å². The van der Waals surface area contributed by atoms with Gasteiger partial charge in [-0.15, -0.1) is 0 Å². The van der Waals surface area contributed by atoms with Crippen LogP contribution in [0.2, 0.25) is 0 Å². The number of carboxylic acids is 1. The van der Waals surface area contributed by atoms with Crippen molar-refractivity contribution in [1.82, 2.24) is 4.98 Å². The second-order valence-corrected chi connectivity index (χ2v) is 4.97. The Morgan fingerprint density at radius 1 is 1.37 bits per heavy atom. The molecule has 1 aliphatic carbocycles. The molecule has 1 aromatic rings. The zero-order valence-corrected chi connectivity index (χ0v) is 10.8. The molecule has 0 radical (unpaired) electrons. The second kappa shape index (κ2) is 6.31. The van der Waals surface area contributed by atoms with Crippen LogP contribution in [0.4, 0.5) is 5.69 Å². The highest BCUT2D eigenvalue weighted by Crippen LogP contribution is 2.30. The lowest BCUT2D eigenvalue weighted by molar-refractivity contribution is -0.116. The van der Waals surface area contributed by atoms with Gasteiger partial charge in [0.2, 0.25) is 5.91 Å². The van der Waals surface area contributed by atoms with Crippen LogP contribution in [-0.4, -0.2) is 22.0 Å². The Kier molecular flexibility index (Phi) is 4.49. The normalized spacial score (nSPS) is 14.7. The third-order valence-electron chi connectivity index (χ3n) is 3.51. The summed E-state index contributed by atoms with van der Waals surface area (Å²) in [7, 11) is 0. The van der Waals surface area contributed by atoms with Gasteiger partial charge in [0.15, 0.2) is 0 Å². The van der Waals surface area contributed by atoms with E-state index in [1.54, 1.807) is 6.07 Å². The lowest BCUT2D eigenvalue weighted by Gasteiger charge is -2.24. The molecule has 19 heavy (non-hydrogen) atoms. The highest BCUT2D eigenvalue weighted by molar-refractivity contribution is 5.91. The fourth-order valence-corrected chi connectivity index (χ4v) is 2.15. The van der Waals surface area contributed by atoms with Gasteiger partial charge in [-0.1, -0.05) is 19.3 Å². The first-order chi connectivity index (χ1) is 9.15. The molecule has 0 unspecified atom stereocenters. The van der Waals surface area contributed by atoms with Crippen molar-refractivity contribution in [3.63, 3.8) is 0 Å². The van der Waals surface area contributed by atoms with Crippen LogP contribution in [0.5, 0.6) is 0 Å². The van der Waals surface area contributed by atoms with E-state index in [1.165, 1.54) is 31.5 Å². The summed E-state index contributed by atoms with van der Waals surface area (Å²) >= 11 is 0. The molecule has 0 saturated heterocycles. The number of rotatable bonds is 6. The van der Waals surface area contributed by atoms with Crippen LogP contribution >= 0.6 is 0 Å². The zero-order valence-electron chi connectivity index (χ0n) is 10.8. The Balaban J connectivity index is 1.73. The molecule has 1 aliphatic rings. The smallest absolute Gasteiger partial charge is 0.354 e. The van der Waals surface area contributed by atoms with Crippen LogP contribution in [0.1, 0.15) is 49.0 Å². The van der Waals surface area contributed by atoms with Gasteiger partial charge in [-0.3, -0.25) is 4.79 Å². The Labute approximate surface area is 112 Å². The third kappa shape index (κ3) is 4.05. The lowest BCUT2D eigenvalue weighted by atomic mass is 9.82. The molecule has 1 amide bonds. The maximum atomic E-state index is 11.7. The number of amides is 1. The van der Waals surface area contributed by atoms with E-state index in [0.29, 0.717) is 12.1 Å². The number of hydrogen-bond acceptors (Lipinski definition) is 3. The molecule has 1 fully saturated rings. The zero-order chi connectivity index (χ0) is 13.7. The third-order valence-corrected chi connectivity index (χ3v) is 3.51. The van der Waals surface area contributed by atoms with E-state index in [9.17, 15) is 9.59 Å². The van der Waals surface area contributed by atoms with Gasteiger partial charge in [0, 0.05) is 6.42 Å². The lowest BCUT2D eigenvalue weighted by Crippen LogP contribution is -2.14. The first kappa shape index (κ1) is 13.5. The molecule has 2 N–H and O–H groups in total. The minimum Gasteiger partial charge on any atom is -0.477 e. The summed E-state index contributed by atoms with van der Waals surface area (Å²) in [4.78, 5) is 26.0. The molecular weight excluding hydrogens is 244 g/mol. The van der Waals surface area contributed by atoms with Gasteiger partial charge >= 0.3 is 5.97 Å². The van der Waals surface area contributed by atoms with Crippen molar-refractivity contribution in [1.29, 1.82) is 0 Å². The van der Waals surface area contributed by atoms with Crippen molar-refractivity contribution >= 4 is 17.6 Å². The molecule has 0 atom stereocenters. The maximum Gasteiger partial charge on any atom is 0.354 e. The Hall–Kier alpha value is -1.91. The highest BCUT2D eigenvalue weighted by atomic mass is 16.4. The minimum absolute atomic E-state index is 0.0250. The van der Waals surface area contributed by atoms with Gasteiger partial charge in [-0.05, 0) is 30.9 Å². The molecule has 0 spiro atoms. The number of carbonyl (C=O) groups is 2. The molecule has 5 nitrogen and oxygen atoms in total. The molecule has 102 valence electrons. The Morgan fingerprint density at radius 2 is 2.16 bits per heavy atom. The number of aromatic nitrogens is 1. The first-order valence-corrected chi connectivity index (χ1v) is 6.64. The van der Waals surface area contributed by atoms with Crippen LogP contribution in [0, 0.1) is 5.92 Å². The van der Waals surface area contributed by atoms with Crippen molar-refractivity contribution in [3.8, 4) is 0 Å². The quantitative estimate of drug-likeness (QED) is 0.826. The van der Waals surface area contributed by atoms with Gasteiger partial charge < -0.3 is 10.4 Å². The number of pyridine rings is 1. The van der Waals surface area contributed by atoms with Crippen molar-refractivity contribution < 1.29 is 14.7 Å². The molecule has 0 bridgehead atoms. The van der Waals surface area contributed by atoms with E-state index in [2.05, 4.69) is 10.3 Å². The van der Waals surface area contributed by atoms with Crippen molar-refractivity contribution in [2.24, 2.45) is 5.92 Å². The molecule has 1 saturated carbocycles. The van der Waals surface area contributed by atoms with Crippen molar-refractivity contribution in [2.45, 2.75) is 38.5 Å². The first-order valence-electron chi connectivity index (χ1n) is 6.64. The number of nitrogens with zero attached hydrogens (tertiary/aromatic N) is 1. The molecular formula is C14H18N2O3. The molecule has 2 rings (SSSR count). The average Bonchev–Trinajstić information content (AvgIpc) is 2.33. The van der Waals surface area contributed by atoms with E-state index in [1.807, 2.05) is 0 Å². The molecule has 1 heterocycles. The van der Waals surface area contributed by atoms with Crippen LogP contribution in [0.15, 0.2) is 18.3 Å². The van der Waals surface area contributed by atoms with Gasteiger partial charge in [-0.2, -0.15) is 0 Å². The fraction of sp³-hybridized carbons (Fsp3) is 0.500. The molecule has 1 aromatic heterocycles. The predicted octanol–water partition coefficient (Wildman–Crippen LogP) is 2.69. The predicted molar refractivity (Wildman–Crippen MR) is 71.0 cm³/mol. The highest BCUT2D eigenvalue weighted by Gasteiger charge is 2.17. The molecule has 5 heteroatoms. The number of carbonyl (C=O) groups excluding carboxylic acids is 1. The van der Waals surface area contributed by atoms with Crippen molar-refractivity contribution in [2.75, 3.05) is 5.32 Å². The summed E-state index contributed by atoms with van der Waals surface area (Å²) in [6.45, 7) is 0. The second-order valence-electron chi connectivity index (χ2n) is 4.97. The van der Waals surface area contributed by atoms with Crippen LogP contribution in [0.3, 0.4) is 0 Å². The van der Waals surface area contributed by atoms with E-state index < -0.39 is 5.97 Å². The van der Waals surface area contributed by atoms with E-state index in [4.69, 9.17) is 5.11 Å². The number of carboxylic acid groups (broad SMARTS) is 1. The largest absolute Gasteiger partial charge is 0.477 e. The number of hydrogen-bond donors (Lipinski definition) is 2. The summed E-state index contributed by atoms with van der Waals surface area (Å²) in [6, 6.07) is 2.94. The number of anilines is 1. The average molecular weight is 262 g/mol. The maximum absolute atomic E-state index is 11.7. The van der Waals surface area contributed by atoms with E-state index in [-0.39, 0.29) is 11.6 Å². The minimum atomic E-state index is -1.07. The molecule has 0 aromatic carbocycles. The SMILES string of the molecule is O=C(CCCC1CCC1)Nc1ccc(C(=O)O)nc1.